The molecule has 0 radical (unpaired) electrons. The summed E-state index contributed by atoms with van der Waals surface area (Å²) in [5.41, 5.74) is 1.19. The highest BCUT2D eigenvalue weighted by molar-refractivity contribution is 5.27. The van der Waals surface area contributed by atoms with Crippen LogP contribution < -0.4 is 5.32 Å². The maximum atomic E-state index is 9.56. The number of rotatable bonds is 5. The fraction of sp³-hybridized carbons (Fsp3) is 0.625. The van der Waals surface area contributed by atoms with Crippen molar-refractivity contribution in [1.82, 2.24) is 15.1 Å². The van der Waals surface area contributed by atoms with Crippen molar-refractivity contribution in [2.75, 3.05) is 40.8 Å². The third-order valence-corrected chi connectivity index (χ3v) is 4.34. The highest BCUT2D eigenvalue weighted by Crippen LogP contribution is 2.17. The molecule has 0 amide bonds. The fourth-order valence-corrected chi connectivity index (χ4v) is 2.96. The lowest BCUT2D eigenvalue weighted by Gasteiger charge is -2.39. The van der Waals surface area contributed by atoms with Crippen molar-refractivity contribution >= 4 is 0 Å². The zero-order valence-corrected chi connectivity index (χ0v) is 12.8. The van der Waals surface area contributed by atoms with Crippen molar-refractivity contribution in [3.63, 3.8) is 0 Å². The van der Waals surface area contributed by atoms with Crippen LogP contribution in [0.1, 0.15) is 12.0 Å². The van der Waals surface area contributed by atoms with Gasteiger partial charge in [0, 0.05) is 31.7 Å². The number of benzene rings is 1. The van der Waals surface area contributed by atoms with Gasteiger partial charge in [-0.05, 0) is 51.7 Å². The Bertz CT molecular complexity index is 424. The fourth-order valence-electron chi connectivity index (χ4n) is 2.96. The van der Waals surface area contributed by atoms with Gasteiger partial charge in [0.1, 0.15) is 5.75 Å². The molecule has 112 valence electrons. The molecule has 0 spiro atoms. The van der Waals surface area contributed by atoms with Gasteiger partial charge in [-0.1, -0.05) is 12.1 Å². The Balaban J connectivity index is 1.94. The minimum Gasteiger partial charge on any atom is -0.508 e. The normalized spacial score (nSPS) is 22.9. The molecule has 2 atom stereocenters. The highest BCUT2D eigenvalue weighted by Gasteiger charge is 2.24. The largest absolute Gasteiger partial charge is 0.508 e. The van der Waals surface area contributed by atoms with E-state index in [9.17, 15) is 5.11 Å². The van der Waals surface area contributed by atoms with Gasteiger partial charge >= 0.3 is 0 Å². The zero-order chi connectivity index (χ0) is 14.5. The van der Waals surface area contributed by atoms with E-state index in [4.69, 9.17) is 0 Å². The molecule has 20 heavy (non-hydrogen) atoms. The highest BCUT2D eigenvalue weighted by atomic mass is 16.3. The number of phenolic OH excluding ortho intramolecular Hbond substituents is 1. The summed E-state index contributed by atoms with van der Waals surface area (Å²) in [4.78, 5) is 4.87. The van der Waals surface area contributed by atoms with Crippen LogP contribution >= 0.6 is 0 Å². The molecule has 1 aromatic carbocycles. The molecular weight excluding hydrogens is 250 g/mol. The van der Waals surface area contributed by atoms with Gasteiger partial charge in [-0.2, -0.15) is 0 Å². The van der Waals surface area contributed by atoms with Crippen molar-refractivity contribution in [3.05, 3.63) is 29.8 Å². The van der Waals surface area contributed by atoms with E-state index in [2.05, 4.69) is 35.3 Å². The number of nitrogens with zero attached hydrogens (tertiary/aromatic N) is 2. The van der Waals surface area contributed by atoms with Gasteiger partial charge in [-0.3, -0.25) is 0 Å². The summed E-state index contributed by atoms with van der Waals surface area (Å²) in [7, 11) is 6.45. The summed E-state index contributed by atoms with van der Waals surface area (Å²) in [6.07, 6.45) is 2.09. The first-order chi connectivity index (χ1) is 9.58. The SMILES string of the molecule is CNC(Cc1cccc(O)c1)CC1CN(C)CCN1C. The Morgan fingerprint density at radius 1 is 1.35 bits per heavy atom. The van der Waals surface area contributed by atoms with E-state index in [-0.39, 0.29) is 0 Å². The van der Waals surface area contributed by atoms with Crippen molar-refractivity contribution in [1.29, 1.82) is 0 Å². The molecule has 2 rings (SSSR count). The Labute approximate surface area is 122 Å². The standard InChI is InChI=1S/C16H27N3O/c1-17-14(9-13-5-4-6-16(20)10-13)11-15-12-18(2)7-8-19(15)3/h4-6,10,14-15,17,20H,7-9,11-12H2,1-3H3. The second-order valence-corrected chi connectivity index (χ2v) is 5.99. The number of nitrogens with one attached hydrogen (secondary N) is 1. The number of likely N-dealkylation sites (N-methyl/N-ethyl adjacent to an activating group) is 3. The summed E-state index contributed by atoms with van der Waals surface area (Å²) in [5.74, 6) is 0.354. The minimum atomic E-state index is 0.354. The van der Waals surface area contributed by atoms with Crippen LogP contribution in [0.4, 0.5) is 0 Å². The van der Waals surface area contributed by atoms with E-state index in [1.54, 1.807) is 6.07 Å². The molecule has 1 saturated heterocycles. The van der Waals surface area contributed by atoms with Gasteiger partial charge < -0.3 is 20.2 Å². The zero-order valence-electron chi connectivity index (χ0n) is 12.8. The van der Waals surface area contributed by atoms with Crippen LogP contribution in [0.25, 0.3) is 0 Å². The first-order valence-corrected chi connectivity index (χ1v) is 7.42. The molecule has 4 heteroatoms. The van der Waals surface area contributed by atoms with Gasteiger partial charge in [0.25, 0.3) is 0 Å². The quantitative estimate of drug-likeness (QED) is 0.847. The molecule has 1 aliphatic rings. The predicted octanol–water partition coefficient (Wildman–Crippen LogP) is 1.16. The molecule has 0 aliphatic carbocycles. The summed E-state index contributed by atoms with van der Waals surface area (Å²) >= 11 is 0. The van der Waals surface area contributed by atoms with Crippen LogP contribution in [0.5, 0.6) is 5.75 Å². The minimum absolute atomic E-state index is 0.354. The van der Waals surface area contributed by atoms with Gasteiger partial charge in [0.15, 0.2) is 0 Å². The first-order valence-electron chi connectivity index (χ1n) is 7.42. The van der Waals surface area contributed by atoms with E-state index in [0.29, 0.717) is 17.8 Å². The van der Waals surface area contributed by atoms with Crippen LogP contribution in [-0.4, -0.2) is 67.8 Å². The number of hydrogen-bond donors (Lipinski definition) is 2. The number of piperazine rings is 1. The molecule has 1 fully saturated rings. The van der Waals surface area contributed by atoms with Gasteiger partial charge in [0.2, 0.25) is 0 Å². The first kappa shape index (κ1) is 15.3. The number of hydrogen-bond acceptors (Lipinski definition) is 4. The summed E-state index contributed by atoms with van der Waals surface area (Å²) in [5, 5.41) is 13.0. The van der Waals surface area contributed by atoms with Crippen molar-refractivity contribution < 1.29 is 5.11 Å². The van der Waals surface area contributed by atoms with E-state index < -0.39 is 0 Å². The Kier molecular flexibility index (Phi) is 5.40. The Morgan fingerprint density at radius 3 is 2.85 bits per heavy atom. The summed E-state index contributed by atoms with van der Waals surface area (Å²) < 4.78 is 0. The van der Waals surface area contributed by atoms with Crippen molar-refractivity contribution in [2.45, 2.75) is 24.9 Å². The summed E-state index contributed by atoms with van der Waals surface area (Å²) in [6, 6.07) is 8.63. The molecule has 1 aliphatic heterocycles. The van der Waals surface area contributed by atoms with Gasteiger partial charge in [-0.15, -0.1) is 0 Å². The molecule has 1 heterocycles. The van der Waals surface area contributed by atoms with Crippen LogP contribution in [0.15, 0.2) is 24.3 Å². The van der Waals surface area contributed by atoms with Crippen molar-refractivity contribution in [3.8, 4) is 5.75 Å². The molecule has 0 aromatic heterocycles. The Hall–Kier alpha value is -1.10. The molecule has 2 unspecified atom stereocenters. The van der Waals surface area contributed by atoms with E-state index in [1.165, 1.54) is 5.56 Å². The third kappa shape index (κ3) is 4.20. The number of aromatic hydroxyl groups is 1. The van der Waals surface area contributed by atoms with E-state index in [0.717, 1.165) is 32.5 Å². The lowest BCUT2D eigenvalue weighted by Crippen LogP contribution is -2.52. The van der Waals surface area contributed by atoms with E-state index >= 15 is 0 Å². The monoisotopic (exact) mass is 277 g/mol. The molecule has 0 saturated carbocycles. The van der Waals surface area contributed by atoms with Crippen LogP contribution in [0, 0.1) is 0 Å². The molecule has 2 N–H and O–H groups in total. The van der Waals surface area contributed by atoms with Crippen LogP contribution in [0.2, 0.25) is 0 Å². The maximum Gasteiger partial charge on any atom is 0.115 e. The second-order valence-electron chi connectivity index (χ2n) is 5.99. The number of phenols is 1. The smallest absolute Gasteiger partial charge is 0.115 e. The van der Waals surface area contributed by atoms with Gasteiger partial charge in [0.05, 0.1) is 0 Å². The average Bonchev–Trinajstić information content (AvgIpc) is 2.42. The van der Waals surface area contributed by atoms with E-state index in [1.807, 2.05) is 19.2 Å². The molecule has 0 bridgehead atoms. The Morgan fingerprint density at radius 2 is 2.15 bits per heavy atom. The predicted molar refractivity (Wildman–Crippen MR) is 83.2 cm³/mol. The van der Waals surface area contributed by atoms with Crippen LogP contribution in [-0.2, 0) is 6.42 Å². The molecule has 4 nitrogen and oxygen atoms in total. The maximum absolute atomic E-state index is 9.56. The topological polar surface area (TPSA) is 38.7 Å². The second kappa shape index (κ2) is 7.07. The van der Waals surface area contributed by atoms with Crippen molar-refractivity contribution in [2.24, 2.45) is 0 Å². The summed E-state index contributed by atoms with van der Waals surface area (Å²) in [6.45, 7) is 3.43. The lowest BCUT2D eigenvalue weighted by atomic mass is 9.97. The molecular formula is C16H27N3O. The lowest BCUT2D eigenvalue weighted by molar-refractivity contribution is 0.102. The molecule has 1 aromatic rings. The third-order valence-electron chi connectivity index (χ3n) is 4.34. The van der Waals surface area contributed by atoms with Gasteiger partial charge in [-0.25, -0.2) is 0 Å². The van der Waals surface area contributed by atoms with Crippen LogP contribution in [0.3, 0.4) is 0 Å². The average molecular weight is 277 g/mol.